The molecule has 2 heteroatoms. The zero-order valence-electron chi connectivity index (χ0n) is 9.30. The highest BCUT2D eigenvalue weighted by Crippen LogP contribution is 2.25. The van der Waals surface area contributed by atoms with Gasteiger partial charge in [0.2, 0.25) is 0 Å². The molecule has 0 aromatic heterocycles. The quantitative estimate of drug-likeness (QED) is 0.736. The molecule has 1 nitrogen and oxygen atoms in total. The Kier molecular flexibility index (Phi) is 3.68. The van der Waals surface area contributed by atoms with Crippen LogP contribution < -0.4 is 4.90 Å². The van der Waals surface area contributed by atoms with Crippen LogP contribution in [0.25, 0.3) is 0 Å². The Hall–Kier alpha value is -0.500. The maximum atomic E-state index is 3.52. The number of alkyl halides is 1. The number of aryl methyl sites for hydroxylation is 1. The molecule has 0 aliphatic carbocycles. The highest BCUT2D eigenvalue weighted by molar-refractivity contribution is 9.08. The number of hydrogen-bond acceptors (Lipinski definition) is 1. The minimum Gasteiger partial charge on any atom is -0.371 e. The minimum atomic E-state index is 0.952. The number of anilines is 1. The molecule has 1 saturated heterocycles. The van der Waals surface area contributed by atoms with Gasteiger partial charge in [0.1, 0.15) is 0 Å². The second-order valence-corrected chi connectivity index (χ2v) is 4.86. The molecular formula is C13H18BrN. The van der Waals surface area contributed by atoms with E-state index in [9.17, 15) is 0 Å². The molecule has 15 heavy (non-hydrogen) atoms. The molecule has 0 radical (unpaired) electrons. The molecule has 0 atom stereocenters. The first-order chi connectivity index (χ1) is 7.31. The molecule has 1 heterocycles. The van der Waals surface area contributed by atoms with Gasteiger partial charge in [0, 0.05) is 24.1 Å². The lowest BCUT2D eigenvalue weighted by Gasteiger charge is -2.30. The van der Waals surface area contributed by atoms with E-state index in [0.717, 1.165) is 5.33 Å². The van der Waals surface area contributed by atoms with E-state index in [4.69, 9.17) is 0 Å². The smallest absolute Gasteiger partial charge is 0.0398 e. The van der Waals surface area contributed by atoms with Crippen LogP contribution in [0.4, 0.5) is 5.69 Å². The molecule has 0 unspecified atom stereocenters. The van der Waals surface area contributed by atoms with E-state index in [1.165, 1.54) is 49.2 Å². The number of rotatable bonds is 2. The predicted molar refractivity (Wildman–Crippen MR) is 69.9 cm³/mol. The van der Waals surface area contributed by atoms with E-state index in [1.807, 2.05) is 0 Å². The molecule has 82 valence electrons. The third kappa shape index (κ3) is 2.54. The molecule has 0 N–H and O–H groups in total. The van der Waals surface area contributed by atoms with E-state index >= 15 is 0 Å². The number of piperidine rings is 1. The average molecular weight is 268 g/mol. The molecule has 0 spiro atoms. The van der Waals surface area contributed by atoms with Gasteiger partial charge >= 0.3 is 0 Å². The molecule has 0 bridgehead atoms. The van der Waals surface area contributed by atoms with Gasteiger partial charge < -0.3 is 4.90 Å². The fourth-order valence-corrected chi connectivity index (χ4v) is 2.56. The van der Waals surface area contributed by atoms with Crippen molar-refractivity contribution in [2.45, 2.75) is 31.5 Å². The van der Waals surface area contributed by atoms with E-state index in [1.54, 1.807) is 0 Å². The topological polar surface area (TPSA) is 3.24 Å². The average Bonchev–Trinajstić information content (AvgIpc) is 2.31. The third-order valence-electron chi connectivity index (χ3n) is 3.12. The second kappa shape index (κ2) is 5.02. The molecule has 1 fully saturated rings. The Morgan fingerprint density at radius 3 is 2.60 bits per heavy atom. The van der Waals surface area contributed by atoms with Gasteiger partial charge in [-0.15, -0.1) is 0 Å². The van der Waals surface area contributed by atoms with Crippen molar-refractivity contribution in [1.29, 1.82) is 0 Å². The highest BCUT2D eigenvalue weighted by atomic mass is 79.9. The van der Waals surface area contributed by atoms with Gasteiger partial charge in [-0.1, -0.05) is 28.1 Å². The van der Waals surface area contributed by atoms with Crippen LogP contribution in [0, 0.1) is 6.92 Å². The first-order valence-electron chi connectivity index (χ1n) is 5.71. The normalized spacial score (nSPS) is 16.8. The van der Waals surface area contributed by atoms with Crippen molar-refractivity contribution in [3.05, 3.63) is 29.3 Å². The summed E-state index contributed by atoms with van der Waals surface area (Å²) in [6.07, 6.45) is 4.09. The van der Waals surface area contributed by atoms with E-state index in [2.05, 4.69) is 46.0 Å². The first-order valence-corrected chi connectivity index (χ1v) is 6.84. The summed E-state index contributed by atoms with van der Waals surface area (Å²) in [4.78, 5) is 2.53. The van der Waals surface area contributed by atoms with Gasteiger partial charge in [-0.25, -0.2) is 0 Å². The Bertz CT molecular complexity index is 329. The SMILES string of the molecule is Cc1ccc(CBr)cc1N1CCCCC1. The maximum Gasteiger partial charge on any atom is 0.0398 e. The summed E-state index contributed by atoms with van der Waals surface area (Å²) in [6, 6.07) is 6.77. The largest absolute Gasteiger partial charge is 0.371 e. The van der Waals surface area contributed by atoms with Gasteiger partial charge in [-0.05, 0) is 43.4 Å². The van der Waals surface area contributed by atoms with Crippen molar-refractivity contribution >= 4 is 21.6 Å². The zero-order chi connectivity index (χ0) is 10.7. The Labute approximate surface area is 101 Å². The lowest BCUT2D eigenvalue weighted by Crippen LogP contribution is -2.30. The van der Waals surface area contributed by atoms with Crippen molar-refractivity contribution < 1.29 is 0 Å². The monoisotopic (exact) mass is 267 g/mol. The standard InChI is InChI=1S/C13H18BrN/c1-11-5-6-12(10-14)9-13(11)15-7-3-2-4-8-15/h5-6,9H,2-4,7-8,10H2,1H3. The summed E-state index contributed by atoms with van der Waals surface area (Å²) in [5.74, 6) is 0. The summed E-state index contributed by atoms with van der Waals surface area (Å²) in [5.41, 5.74) is 4.22. The van der Waals surface area contributed by atoms with Gasteiger partial charge in [-0.2, -0.15) is 0 Å². The summed E-state index contributed by atoms with van der Waals surface area (Å²) in [7, 11) is 0. The number of nitrogens with zero attached hydrogens (tertiary/aromatic N) is 1. The van der Waals surface area contributed by atoms with E-state index in [0.29, 0.717) is 0 Å². The van der Waals surface area contributed by atoms with E-state index in [-0.39, 0.29) is 0 Å². The Morgan fingerprint density at radius 1 is 1.20 bits per heavy atom. The molecule has 2 rings (SSSR count). The summed E-state index contributed by atoms with van der Waals surface area (Å²) in [6.45, 7) is 4.67. The van der Waals surface area contributed by atoms with Gasteiger partial charge in [0.05, 0.1) is 0 Å². The molecule has 1 aromatic carbocycles. The predicted octanol–water partition coefficient (Wildman–Crippen LogP) is 3.88. The van der Waals surface area contributed by atoms with Crippen molar-refractivity contribution in [2.75, 3.05) is 18.0 Å². The maximum absolute atomic E-state index is 3.52. The minimum absolute atomic E-state index is 0.952. The van der Waals surface area contributed by atoms with Crippen LogP contribution in [0.3, 0.4) is 0 Å². The van der Waals surface area contributed by atoms with Crippen LogP contribution in [0.5, 0.6) is 0 Å². The van der Waals surface area contributed by atoms with Gasteiger partial charge in [0.15, 0.2) is 0 Å². The van der Waals surface area contributed by atoms with Crippen LogP contribution in [0.15, 0.2) is 18.2 Å². The van der Waals surface area contributed by atoms with Crippen molar-refractivity contribution in [3.63, 3.8) is 0 Å². The van der Waals surface area contributed by atoms with Crippen LogP contribution in [-0.4, -0.2) is 13.1 Å². The summed E-state index contributed by atoms with van der Waals surface area (Å²) >= 11 is 3.52. The van der Waals surface area contributed by atoms with Crippen LogP contribution >= 0.6 is 15.9 Å². The molecular weight excluding hydrogens is 250 g/mol. The van der Waals surface area contributed by atoms with E-state index < -0.39 is 0 Å². The molecule has 0 amide bonds. The lowest BCUT2D eigenvalue weighted by molar-refractivity contribution is 0.577. The highest BCUT2D eigenvalue weighted by Gasteiger charge is 2.12. The molecule has 1 aliphatic rings. The van der Waals surface area contributed by atoms with Crippen molar-refractivity contribution in [1.82, 2.24) is 0 Å². The van der Waals surface area contributed by atoms with Gasteiger partial charge in [-0.3, -0.25) is 0 Å². The van der Waals surface area contributed by atoms with Gasteiger partial charge in [0.25, 0.3) is 0 Å². The Morgan fingerprint density at radius 2 is 1.93 bits per heavy atom. The number of benzene rings is 1. The Balaban J connectivity index is 2.24. The van der Waals surface area contributed by atoms with Crippen molar-refractivity contribution in [2.24, 2.45) is 0 Å². The lowest BCUT2D eigenvalue weighted by atomic mass is 10.1. The van der Waals surface area contributed by atoms with Crippen LogP contribution in [0.2, 0.25) is 0 Å². The van der Waals surface area contributed by atoms with Crippen LogP contribution in [0.1, 0.15) is 30.4 Å². The fraction of sp³-hybridized carbons (Fsp3) is 0.538. The molecule has 0 saturated carbocycles. The second-order valence-electron chi connectivity index (χ2n) is 4.30. The van der Waals surface area contributed by atoms with Crippen molar-refractivity contribution in [3.8, 4) is 0 Å². The first kappa shape index (κ1) is 11.0. The van der Waals surface area contributed by atoms with Crippen LogP contribution in [-0.2, 0) is 5.33 Å². The summed E-state index contributed by atoms with van der Waals surface area (Å²) < 4.78 is 0. The zero-order valence-corrected chi connectivity index (χ0v) is 10.9. The molecule has 1 aromatic rings. The molecule has 1 aliphatic heterocycles. The number of hydrogen-bond donors (Lipinski definition) is 0. The number of halogens is 1. The third-order valence-corrected chi connectivity index (χ3v) is 3.77. The summed E-state index contributed by atoms with van der Waals surface area (Å²) in [5, 5.41) is 0.952. The fourth-order valence-electron chi connectivity index (χ4n) is 2.21.